The lowest BCUT2D eigenvalue weighted by Gasteiger charge is -2.61. The molecule has 3 aliphatic rings. The third-order valence-corrected chi connectivity index (χ3v) is 7.12. The molecular weight excluding hydrogens is 376 g/mol. The molecule has 4 rings (SSSR count). The number of hydrogen-bond acceptors (Lipinski definition) is 4. The Morgan fingerprint density at radius 2 is 1.97 bits per heavy atom. The standard InChI is InChI=1S/C24H38N4O2/c1-3-25-23(27-21-16-22(30-4-2)24(21)10-7-11-24)26-17-19-8-5-6-9-20(19)18-28-12-14-29-15-13-28/h5-6,8-9,21-22H,3-4,7,10-18H2,1-2H3,(H2,25,26,27). The minimum Gasteiger partial charge on any atom is -0.379 e. The minimum absolute atomic E-state index is 0.334. The first-order valence-electron chi connectivity index (χ1n) is 11.8. The summed E-state index contributed by atoms with van der Waals surface area (Å²) in [6.07, 6.45) is 5.38. The van der Waals surface area contributed by atoms with E-state index in [1.807, 2.05) is 0 Å². The maximum atomic E-state index is 6.01. The monoisotopic (exact) mass is 414 g/mol. The predicted molar refractivity (Wildman–Crippen MR) is 121 cm³/mol. The Balaban J connectivity index is 1.40. The van der Waals surface area contributed by atoms with Gasteiger partial charge in [0.15, 0.2) is 5.96 Å². The van der Waals surface area contributed by atoms with Crippen LogP contribution in [0, 0.1) is 5.41 Å². The Labute approximate surface area is 181 Å². The highest BCUT2D eigenvalue weighted by Crippen LogP contribution is 2.57. The van der Waals surface area contributed by atoms with Gasteiger partial charge < -0.3 is 20.1 Å². The zero-order valence-electron chi connectivity index (χ0n) is 18.7. The summed E-state index contributed by atoms with van der Waals surface area (Å²) in [4.78, 5) is 7.43. The van der Waals surface area contributed by atoms with Gasteiger partial charge in [-0.3, -0.25) is 4.90 Å². The Hall–Kier alpha value is -1.63. The van der Waals surface area contributed by atoms with Crippen molar-refractivity contribution in [3.8, 4) is 0 Å². The number of guanidine groups is 1. The van der Waals surface area contributed by atoms with Crippen molar-refractivity contribution < 1.29 is 9.47 Å². The quantitative estimate of drug-likeness (QED) is 0.506. The van der Waals surface area contributed by atoms with Gasteiger partial charge >= 0.3 is 0 Å². The molecule has 0 bridgehead atoms. The highest BCUT2D eigenvalue weighted by molar-refractivity contribution is 5.80. The molecule has 2 saturated carbocycles. The van der Waals surface area contributed by atoms with Crippen LogP contribution < -0.4 is 10.6 Å². The molecule has 3 fully saturated rings. The average molecular weight is 415 g/mol. The molecule has 30 heavy (non-hydrogen) atoms. The van der Waals surface area contributed by atoms with E-state index in [1.165, 1.54) is 30.4 Å². The van der Waals surface area contributed by atoms with E-state index in [9.17, 15) is 0 Å². The molecule has 2 unspecified atom stereocenters. The topological polar surface area (TPSA) is 58.1 Å². The van der Waals surface area contributed by atoms with Gasteiger partial charge in [-0.25, -0.2) is 4.99 Å². The fraction of sp³-hybridized carbons (Fsp3) is 0.708. The summed E-state index contributed by atoms with van der Waals surface area (Å²) < 4.78 is 11.5. The van der Waals surface area contributed by atoms with Crippen LogP contribution in [0.25, 0.3) is 0 Å². The molecule has 0 aromatic heterocycles. The normalized spacial score (nSPS) is 26.1. The van der Waals surface area contributed by atoms with Gasteiger partial charge in [-0.15, -0.1) is 0 Å². The molecule has 2 aliphatic carbocycles. The van der Waals surface area contributed by atoms with Crippen molar-refractivity contribution in [1.82, 2.24) is 15.5 Å². The van der Waals surface area contributed by atoms with Gasteiger partial charge in [0.1, 0.15) is 0 Å². The first-order valence-corrected chi connectivity index (χ1v) is 11.8. The van der Waals surface area contributed by atoms with Gasteiger partial charge in [0, 0.05) is 44.2 Å². The first kappa shape index (κ1) is 21.6. The number of nitrogens with zero attached hydrogens (tertiary/aromatic N) is 2. The second-order valence-electron chi connectivity index (χ2n) is 8.82. The van der Waals surface area contributed by atoms with Crippen LogP contribution in [-0.4, -0.2) is 62.5 Å². The average Bonchev–Trinajstić information content (AvgIpc) is 2.71. The second kappa shape index (κ2) is 10.1. The fourth-order valence-electron chi connectivity index (χ4n) is 5.16. The molecule has 1 aromatic rings. The molecule has 1 spiro atoms. The number of rotatable bonds is 8. The highest BCUT2D eigenvalue weighted by atomic mass is 16.5. The Bertz CT molecular complexity index is 713. The lowest BCUT2D eigenvalue weighted by atomic mass is 9.51. The lowest BCUT2D eigenvalue weighted by molar-refractivity contribution is -0.168. The molecule has 166 valence electrons. The predicted octanol–water partition coefficient (Wildman–Crippen LogP) is 2.92. The maximum absolute atomic E-state index is 6.01. The van der Waals surface area contributed by atoms with Crippen molar-refractivity contribution in [2.75, 3.05) is 39.5 Å². The van der Waals surface area contributed by atoms with Crippen molar-refractivity contribution in [2.45, 2.75) is 64.8 Å². The fourth-order valence-corrected chi connectivity index (χ4v) is 5.16. The minimum atomic E-state index is 0.334. The molecule has 1 saturated heterocycles. The molecule has 0 radical (unpaired) electrons. The van der Waals surface area contributed by atoms with E-state index >= 15 is 0 Å². The summed E-state index contributed by atoms with van der Waals surface area (Å²) in [5, 5.41) is 7.20. The molecule has 0 amide bonds. The molecule has 1 aromatic carbocycles. The van der Waals surface area contributed by atoms with E-state index < -0.39 is 0 Å². The van der Waals surface area contributed by atoms with Gasteiger partial charge in [-0.1, -0.05) is 30.7 Å². The first-order chi connectivity index (χ1) is 14.7. The Kier molecular flexibility index (Phi) is 7.28. The smallest absolute Gasteiger partial charge is 0.191 e. The van der Waals surface area contributed by atoms with E-state index in [-0.39, 0.29) is 0 Å². The molecule has 2 atom stereocenters. The van der Waals surface area contributed by atoms with Crippen LogP contribution in [0.15, 0.2) is 29.3 Å². The van der Waals surface area contributed by atoms with Crippen molar-refractivity contribution >= 4 is 5.96 Å². The van der Waals surface area contributed by atoms with Crippen LogP contribution in [0.2, 0.25) is 0 Å². The zero-order valence-corrected chi connectivity index (χ0v) is 18.7. The summed E-state index contributed by atoms with van der Waals surface area (Å²) in [5.41, 5.74) is 3.01. The number of benzene rings is 1. The maximum Gasteiger partial charge on any atom is 0.191 e. The molecule has 1 heterocycles. The van der Waals surface area contributed by atoms with Crippen molar-refractivity contribution in [2.24, 2.45) is 10.4 Å². The molecule has 6 nitrogen and oxygen atoms in total. The van der Waals surface area contributed by atoms with Gasteiger partial charge in [0.25, 0.3) is 0 Å². The Morgan fingerprint density at radius 3 is 2.63 bits per heavy atom. The summed E-state index contributed by atoms with van der Waals surface area (Å²) >= 11 is 0. The summed E-state index contributed by atoms with van der Waals surface area (Å²) in [5.74, 6) is 0.935. The summed E-state index contributed by atoms with van der Waals surface area (Å²) in [6, 6.07) is 9.18. The van der Waals surface area contributed by atoms with E-state index in [0.29, 0.717) is 24.1 Å². The number of hydrogen-bond donors (Lipinski definition) is 2. The van der Waals surface area contributed by atoms with Crippen LogP contribution in [0.5, 0.6) is 0 Å². The number of ether oxygens (including phenoxy) is 2. The lowest BCUT2D eigenvalue weighted by Crippen LogP contribution is -2.68. The second-order valence-corrected chi connectivity index (χ2v) is 8.82. The van der Waals surface area contributed by atoms with Crippen LogP contribution in [0.1, 0.15) is 50.7 Å². The molecule has 1 aliphatic heterocycles. The van der Waals surface area contributed by atoms with Crippen LogP contribution in [-0.2, 0) is 22.6 Å². The summed E-state index contributed by atoms with van der Waals surface area (Å²) in [6.45, 7) is 11.3. The van der Waals surface area contributed by atoms with E-state index in [1.54, 1.807) is 0 Å². The summed E-state index contributed by atoms with van der Waals surface area (Å²) in [7, 11) is 0. The van der Waals surface area contributed by atoms with E-state index in [4.69, 9.17) is 14.5 Å². The van der Waals surface area contributed by atoms with Crippen molar-refractivity contribution in [3.05, 3.63) is 35.4 Å². The van der Waals surface area contributed by atoms with Crippen molar-refractivity contribution in [1.29, 1.82) is 0 Å². The molecule has 2 N–H and O–H groups in total. The third kappa shape index (κ3) is 4.66. The molecular formula is C24H38N4O2. The largest absolute Gasteiger partial charge is 0.379 e. The van der Waals surface area contributed by atoms with E-state index in [0.717, 1.165) is 58.4 Å². The van der Waals surface area contributed by atoms with Crippen LogP contribution in [0.4, 0.5) is 0 Å². The number of aliphatic imine (C=N–C) groups is 1. The SMILES string of the molecule is CCNC(=NCc1ccccc1CN1CCOCC1)NC1CC(OCC)C12CCC2. The number of morpholine rings is 1. The van der Waals surface area contributed by atoms with Crippen LogP contribution >= 0.6 is 0 Å². The molecule has 6 heteroatoms. The Morgan fingerprint density at radius 1 is 1.20 bits per heavy atom. The number of nitrogens with one attached hydrogen (secondary N) is 2. The highest BCUT2D eigenvalue weighted by Gasteiger charge is 2.59. The van der Waals surface area contributed by atoms with Gasteiger partial charge in [0.2, 0.25) is 0 Å². The van der Waals surface area contributed by atoms with Gasteiger partial charge in [-0.05, 0) is 44.2 Å². The van der Waals surface area contributed by atoms with Gasteiger partial charge in [0.05, 0.1) is 25.9 Å². The van der Waals surface area contributed by atoms with Crippen molar-refractivity contribution in [3.63, 3.8) is 0 Å². The third-order valence-electron chi connectivity index (χ3n) is 7.12. The zero-order chi connectivity index (χ0) is 20.8. The van der Waals surface area contributed by atoms with E-state index in [2.05, 4.69) is 53.6 Å². The van der Waals surface area contributed by atoms with Crippen LogP contribution in [0.3, 0.4) is 0 Å². The van der Waals surface area contributed by atoms with Gasteiger partial charge in [-0.2, -0.15) is 0 Å².